The molecule has 0 bridgehead atoms. The first-order chi connectivity index (χ1) is 18.0. The second-order valence-corrected chi connectivity index (χ2v) is 9.39. The lowest BCUT2D eigenvalue weighted by Gasteiger charge is -2.28. The molecule has 0 saturated carbocycles. The Kier molecular flexibility index (Phi) is 15.3. The fraction of sp³-hybridized carbons (Fsp3) is 0.696. The van der Waals surface area contributed by atoms with Crippen LogP contribution in [0.1, 0.15) is 53.4 Å². The minimum Gasteiger partial charge on any atom is -0.550 e. The maximum atomic E-state index is 12.8. The summed E-state index contributed by atoms with van der Waals surface area (Å²) < 4.78 is 0. The molecule has 39 heavy (non-hydrogen) atoms. The SMILES string of the molecule is CC[C@H](C)[C@H]([NH3+])C(=O)N[C@@H](CCC(=O)[O-])C(=O)N[C@@H](CO)C(=O)N[C@@H](CC(=O)[O-])C(=O)N[C@H](C(=O)[O-])C(C)C. The van der Waals surface area contributed by atoms with Gasteiger partial charge < -0.3 is 61.8 Å². The summed E-state index contributed by atoms with van der Waals surface area (Å²) in [6.07, 6.45) is -1.55. The highest BCUT2D eigenvalue weighted by Gasteiger charge is 2.32. The van der Waals surface area contributed by atoms with Gasteiger partial charge in [0.15, 0.2) is 6.04 Å². The number of carbonyl (C=O) groups excluding carboxylic acids is 7. The van der Waals surface area contributed by atoms with Crippen molar-refractivity contribution in [3.05, 3.63) is 0 Å². The number of carboxylic acids is 3. The van der Waals surface area contributed by atoms with Gasteiger partial charge in [-0.05, 0) is 25.2 Å². The van der Waals surface area contributed by atoms with Crippen LogP contribution >= 0.6 is 0 Å². The van der Waals surface area contributed by atoms with E-state index in [4.69, 9.17) is 0 Å². The summed E-state index contributed by atoms with van der Waals surface area (Å²) in [7, 11) is 0. The fourth-order valence-corrected chi connectivity index (χ4v) is 3.22. The molecule has 0 radical (unpaired) electrons. The van der Waals surface area contributed by atoms with E-state index >= 15 is 0 Å². The predicted octanol–water partition coefficient (Wildman–Crippen LogP) is -7.35. The summed E-state index contributed by atoms with van der Waals surface area (Å²) in [5.74, 6) is -9.94. The van der Waals surface area contributed by atoms with Gasteiger partial charge in [0, 0.05) is 24.3 Å². The molecule has 0 heterocycles. The van der Waals surface area contributed by atoms with E-state index in [9.17, 15) is 54.0 Å². The Hall–Kier alpha value is -3.79. The van der Waals surface area contributed by atoms with Gasteiger partial charge in [0.1, 0.15) is 18.1 Å². The summed E-state index contributed by atoms with van der Waals surface area (Å²) in [4.78, 5) is 83.8. The quantitative estimate of drug-likeness (QED) is 0.0916. The molecular formula is C23H37N5O11-2. The van der Waals surface area contributed by atoms with Crippen LogP contribution in [0.3, 0.4) is 0 Å². The first-order valence-electron chi connectivity index (χ1n) is 12.3. The van der Waals surface area contributed by atoms with Gasteiger partial charge in [-0.25, -0.2) is 0 Å². The van der Waals surface area contributed by atoms with Gasteiger partial charge in [-0.2, -0.15) is 0 Å². The smallest absolute Gasteiger partial charge is 0.279 e. The van der Waals surface area contributed by atoms with Crippen LogP contribution < -0.4 is 42.3 Å². The number of carboxylic acid groups (broad SMARTS) is 3. The molecule has 0 fully saturated rings. The zero-order valence-electron chi connectivity index (χ0n) is 22.3. The average Bonchev–Trinajstić information content (AvgIpc) is 2.85. The van der Waals surface area contributed by atoms with Crippen molar-refractivity contribution < 1.29 is 59.7 Å². The van der Waals surface area contributed by atoms with Crippen molar-refractivity contribution in [2.24, 2.45) is 11.8 Å². The van der Waals surface area contributed by atoms with Gasteiger partial charge in [-0.3, -0.25) is 19.2 Å². The molecule has 16 nitrogen and oxygen atoms in total. The van der Waals surface area contributed by atoms with Crippen molar-refractivity contribution >= 4 is 41.5 Å². The lowest BCUT2D eigenvalue weighted by Crippen LogP contribution is -2.71. The van der Waals surface area contributed by atoms with Gasteiger partial charge in [0.25, 0.3) is 5.91 Å². The molecule has 0 aliphatic carbocycles. The fourth-order valence-electron chi connectivity index (χ4n) is 3.22. The number of aliphatic hydroxyl groups excluding tert-OH is 1. The number of hydrogen-bond donors (Lipinski definition) is 6. The van der Waals surface area contributed by atoms with E-state index in [-0.39, 0.29) is 5.92 Å². The van der Waals surface area contributed by atoms with Crippen molar-refractivity contribution in [2.45, 2.75) is 83.6 Å². The number of aliphatic hydroxyl groups is 1. The van der Waals surface area contributed by atoms with Crippen molar-refractivity contribution in [1.29, 1.82) is 0 Å². The molecule has 0 saturated heterocycles. The summed E-state index contributed by atoms with van der Waals surface area (Å²) >= 11 is 0. The zero-order valence-corrected chi connectivity index (χ0v) is 22.3. The van der Waals surface area contributed by atoms with Gasteiger partial charge in [0.05, 0.1) is 18.6 Å². The monoisotopic (exact) mass is 559 g/mol. The first kappa shape index (κ1) is 35.2. The van der Waals surface area contributed by atoms with Crippen LogP contribution in [-0.2, 0) is 33.6 Å². The average molecular weight is 560 g/mol. The molecule has 0 aliphatic heterocycles. The Morgan fingerprint density at radius 1 is 0.744 bits per heavy atom. The molecule has 0 aromatic carbocycles. The molecular weight excluding hydrogens is 522 g/mol. The molecule has 0 unspecified atom stereocenters. The van der Waals surface area contributed by atoms with Crippen LogP contribution in [0.2, 0.25) is 0 Å². The molecule has 0 rings (SSSR count). The van der Waals surface area contributed by atoms with Gasteiger partial charge in [-0.1, -0.05) is 27.7 Å². The van der Waals surface area contributed by atoms with Gasteiger partial charge >= 0.3 is 0 Å². The summed E-state index contributed by atoms with van der Waals surface area (Å²) in [5.41, 5.74) is 3.73. The van der Waals surface area contributed by atoms with E-state index in [1.54, 1.807) is 6.92 Å². The Balaban J connectivity index is 5.68. The molecule has 0 spiro atoms. The Morgan fingerprint density at radius 2 is 1.23 bits per heavy atom. The number of carbonyl (C=O) groups is 7. The number of nitrogens with one attached hydrogen (secondary N) is 4. The maximum absolute atomic E-state index is 12.8. The number of aliphatic carboxylic acids is 3. The van der Waals surface area contributed by atoms with E-state index in [0.29, 0.717) is 6.42 Å². The van der Waals surface area contributed by atoms with Crippen LogP contribution in [0.4, 0.5) is 0 Å². The van der Waals surface area contributed by atoms with Crippen LogP contribution in [0, 0.1) is 11.8 Å². The Bertz CT molecular complexity index is 911. The molecule has 16 heteroatoms. The van der Waals surface area contributed by atoms with E-state index in [1.807, 2.05) is 17.6 Å². The van der Waals surface area contributed by atoms with Crippen LogP contribution in [-0.4, -0.2) is 83.5 Å². The molecule has 0 aromatic heterocycles. The van der Waals surface area contributed by atoms with Crippen molar-refractivity contribution in [3.63, 3.8) is 0 Å². The lowest BCUT2D eigenvalue weighted by molar-refractivity contribution is -0.415. The standard InChI is InChI=1S/C23H39N5O11/c1-5-11(4)17(24)22(37)25-12(6-7-15(30)31)19(34)27-14(9-29)21(36)26-13(8-16(32)33)20(35)28-18(10(2)3)23(38)39/h10-14,17-18,29H,5-9,24H2,1-4H3,(H,25,37)(H,26,36)(H,27,34)(H,28,35)(H,30,31)(H,32,33)(H,38,39)/p-2/t11-,12-,13-,14-,17-,18-/m0/s1. The minimum atomic E-state index is -1.86. The van der Waals surface area contributed by atoms with Crippen molar-refractivity contribution in [1.82, 2.24) is 21.3 Å². The highest BCUT2D eigenvalue weighted by Crippen LogP contribution is 2.06. The third kappa shape index (κ3) is 12.5. The van der Waals surface area contributed by atoms with Crippen LogP contribution in [0.15, 0.2) is 0 Å². The Labute approximate surface area is 225 Å². The summed E-state index contributed by atoms with van der Waals surface area (Å²) in [6, 6.07) is -7.41. The lowest BCUT2D eigenvalue weighted by atomic mass is 9.98. The van der Waals surface area contributed by atoms with Crippen LogP contribution in [0.5, 0.6) is 0 Å². The number of hydrogen-bond acceptors (Lipinski definition) is 11. The first-order valence-corrected chi connectivity index (χ1v) is 12.3. The van der Waals surface area contributed by atoms with Gasteiger partial charge in [0.2, 0.25) is 17.7 Å². The van der Waals surface area contributed by atoms with Crippen molar-refractivity contribution in [2.75, 3.05) is 6.61 Å². The topological polar surface area (TPSA) is 285 Å². The second-order valence-electron chi connectivity index (χ2n) is 9.39. The number of amides is 4. The molecule has 4 amide bonds. The van der Waals surface area contributed by atoms with E-state index < -0.39 is 104 Å². The predicted molar refractivity (Wildman–Crippen MR) is 125 cm³/mol. The zero-order chi connectivity index (χ0) is 30.4. The van der Waals surface area contributed by atoms with E-state index in [0.717, 1.165) is 0 Å². The molecule has 0 aromatic rings. The van der Waals surface area contributed by atoms with Crippen molar-refractivity contribution in [3.8, 4) is 0 Å². The summed E-state index contributed by atoms with van der Waals surface area (Å²) in [5, 5.41) is 51.4. The second kappa shape index (κ2) is 16.9. The third-order valence-electron chi connectivity index (χ3n) is 5.98. The largest absolute Gasteiger partial charge is 0.550 e. The van der Waals surface area contributed by atoms with Gasteiger partial charge in [-0.15, -0.1) is 0 Å². The molecule has 8 N–H and O–H groups in total. The minimum absolute atomic E-state index is 0.176. The number of quaternary nitrogens is 1. The Morgan fingerprint density at radius 3 is 1.67 bits per heavy atom. The molecule has 0 aliphatic rings. The third-order valence-corrected chi connectivity index (χ3v) is 5.98. The highest BCUT2D eigenvalue weighted by atomic mass is 16.4. The molecule has 6 atom stereocenters. The van der Waals surface area contributed by atoms with E-state index in [1.165, 1.54) is 13.8 Å². The summed E-state index contributed by atoms with van der Waals surface area (Å²) in [6.45, 7) is 5.40. The molecule has 222 valence electrons. The van der Waals surface area contributed by atoms with Crippen LogP contribution in [0.25, 0.3) is 0 Å². The number of rotatable bonds is 18. The highest BCUT2D eigenvalue weighted by molar-refractivity contribution is 5.96. The maximum Gasteiger partial charge on any atom is 0.279 e. The van der Waals surface area contributed by atoms with E-state index in [2.05, 4.69) is 16.4 Å². The normalized spacial score (nSPS) is 15.6.